The molecule has 3 nitrogen and oxygen atoms in total. The Morgan fingerprint density at radius 3 is 2.68 bits per heavy atom. The monoisotopic (exact) mass is 288 g/mol. The van der Waals surface area contributed by atoms with E-state index < -0.39 is 0 Å². The lowest BCUT2D eigenvalue weighted by Crippen LogP contribution is -2.46. The van der Waals surface area contributed by atoms with Gasteiger partial charge in [-0.3, -0.25) is 4.90 Å². The molecular weight excluding hydrogens is 267 g/mol. The highest BCUT2D eigenvalue weighted by atomic mass is 35.5. The SMILES string of the molecule is CCC(c1ccc(F)cc1)N1CCOC(CN)C1.Cl. The Bertz CT molecular complexity index is 374. The van der Waals surface area contributed by atoms with Crippen LogP contribution >= 0.6 is 12.4 Å². The summed E-state index contributed by atoms with van der Waals surface area (Å²) >= 11 is 0. The van der Waals surface area contributed by atoms with Gasteiger partial charge in [0.25, 0.3) is 0 Å². The van der Waals surface area contributed by atoms with Crippen LogP contribution in [0.1, 0.15) is 24.9 Å². The van der Waals surface area contributed by atoms with Crippen molar-refractivity contribution in [1.82, 2.24) is 4.90 Å². The van der Waals surface area contributed by atoms with Gasteiger partial charge < -0.3 is 10.5 Å². The molecule has 0 aliphatic carbocycles. The molecule has 108 valence electrons. The average Bonchev–Trinajstić information content (AvgIpc) is 2.42. The van der Waals surface area contributed by atoms with E-state index in [4.69, 9.17) is 10.5 Å². The fourth-order valence-electron chi connectivity index (χ4n) is 2.56. The van der Waals surface area contributed by atoms with Crippen molar-refractivity contribution in [3.63, 3.8) is 0 Å². The lowest BCUT2D eigenvalue weighted by molar-refractivity contribution is -0.0396. The first kappa shape index (κ1) is 16.4. The summed E-state index contributed by atoms with van der Waals surface area (Å²) in [6, 6.07) is 7.12. The molecule has 0 saturated carbocycles. The Labute approximate surface area is 120 Å². The summed E-state index contributed by atoms with van der Waals surface area (Å²) in [7, 11) is 0. The van der Waals surface area contributed by atoms with Gasteiger partial charge in [-0.1, -0.05) is 19.1 Å². The van der Waals surface area contributed by atoms with Crippen LogP contribution in [0, 0.1) is 5.82 Å². The van der Waals surface area contributed by atoms with Crippen LogP contribution in [-0.2, 0) is 4.74 Å². The van der Waals surface area contributed by atoms with Crippen LogP contribution in [0.5, 0.6) is 0 Å². The van der Waals surface area contributed by atoms with Crippen LogP contribution in [0.3, 0.4) is 0 Å². The molecule has 0 amide bonds. The second kappa shape index (κ2) is 7.80. The number of halogens is 2. The first-order valence-corrected chi connectivity index (χ1v) is 6.55. The molecule has 2 atom stereocenters. The standard InChI is InChI=1S/C14H21FN2O.ClH/c1-2-14(11-3-5-12(15)6-4-11)17-7-8-18-13(9-16)10-17;/h3-6,13-14H,2,7-10,16H2,1H3;1H. The first-order chi connectivity index (χ1) is 8.74. The van der Waals surface area contributed by atoms with Crippen LogP contribution in [0.2, 0.25) is 0 Å². The van der Waals surface area contributed by atoms with Gasteiger partial charge in [0.05, 0.1) is 12.7 Å². The minimum absolute atomic E-state index is 0. The quantitative estimate of drug-likeness (QED) is 0.924. The summed E-state index contributed by atoms with van der Waals surface area (Å²) in [6.07, 6.45) is 1.12. The van der Waals surface area contributed by atoms with E-state index in [2.05, 4.69) is 11.8 Å². The average molecular weight is 289 g/mol. The molecule has 2 rings (SSSR count). The number of benzene rings is 1. The highest BCUT2D eigenvalue weighted by Gasteiger charge is 2.25. The fourth-order valence-corrected chi connectivity index (χ4v) is 2.56. The Morgan fingerprint density at radius 1 is 1.42 bits per heavy atom. The maximum Gasteiger partial charge on any atom is 0.123 e. The van der Waals surface area contributed by atoms with Gasteiger partial charge in [-0.25, -0.2) is 4.39 Å². The Hall–Kier alpha value is -0.680. The molecule has 1 fully saturated rings. The summed E-state index contributed by atoms with van der Waals surface area (Å²) in [4.78, 5) is 2.38. The molecule has 1 aromatic rings. The minimum atomic E-state index is -0.185. The van der Waals surface area contributed by atoms with E-state index in [1.165, 1.54) is 12.1 Å². The van der Waals surface area contributed by atoms with Crippen LogP contribution in [-0.4, -0.2) is 37.2 Å². The second-order valence-electron chi connectivity index (χ2n) is 4.70. The van der Waals surface area contributed by atoms with E-state index in [0.717, 1.165) is 31.7 Å². The van der Waals surface area contributed by atoms with Crippen molar-refractivity contribution in [1.29, 1.82) is 0 Å². The molecule has 1 aliphatic rings. The Kier molecular flexibility index (Phi) is 6.72. The van der Waals surface area contributed by atoms with Crippen molar-refractivity contribution in [2.24, 2.45) is 5.73 Å². The molecule has 19 heavy (non-hydrogen) atoms. The third-order valence-corrected chi connectivity index (χ3v) is 3.52. The van der Waals surface area contributed by atoms with Gasteiger partial charge in [-0.15, -0.1) is 12.4 Å². The van der Waals surface area contributed by atoms with E-state index in [1.807, 2.05) is 12.1 Å². The van der Waals surface area contributed by atoms with Crippen molar-refractivity contribution < 1.29 is 9.13 Å². The van der Waals surface area contributed by atoms with Crippen molar-refractivity contribution >= 4 is 12.4 Å². The molecule has 1 aromatic carbocycles. The summed E-state index contributed by atoms with van der Waals surface area (Å²) < 4.78 is 18.5. The number of nitrogens with zero attached hydrogens (tertiary/aromatic N) is 1. The van der Waals surface area contributed by atoms with Gasteiger partial charge in [0.15, 0.2) is 0 Å². The van der Waals surface area contributed by atoms with Crippen LogP contribution < -0.4 is 5.73 Å². The zero-order chi connectivity index (χ0) is 13.0. The molecule has 2 N–H and O–H groups in total. The number of ether oxygens (including phenoxy) is 1. The summed E-state index contributed by atoms with van der Waals surface area (Å²) in [5, 5.41) is 0. The molecule has 0 aromatic heterocycles. The minimum Gasteiger partial charge on any atom is -0.374 e. The van der Waals surface area contributed by atoms with Crippen molar-refractivity contribution in [3.8, 4) is 0 Å². The smallest absolute Gasteiger partial charge is 0.123 e. The number of nitrogens with two attached hydrogens (primary N) is 1. The van der Waals surface area contributed by atoms with E-state index in [-0.39, 0.29) is 24.3 Å². The van der Waals surface area contributed by atoms with Gasteiger partial charge >= 0.3 is 0 Å². The largest absolute Gasteiger partial charge is 0.374 e. The predicted octanol–water partition coefficient (Wildman–Crippen LogP) is 2.36. The maximum absolute atomic E-state index is 13.0. The van der Waals surface area contributed by atoms with Gasteiger partial charge in [0, 0.05) is 25.7 Å². The van der Waals surface area contributed by atoms with Crippen molar-refractivity contribution in [2.75, 3.05) is 26.2 Å². The Balaban J connectivity index is 0.00000180. The van der Waals surface area contributed by atoms with E-state index in [0.29, 0.717) is 12.6 Å². The number of morpholine rings is 1. The fraction of sp³-hybridized carbons (Fsp3) is 0.571. The third kappa shape index (κ3) is 4.14. The predicted molar refractivity (Wildman–Crippen MR) is 77.0 cm³/mol. The highest BCUT2D eigenvalue weighted by Crippen LogP contribution is 2.26. The number of rotatable bonds is 4. The van der Waals surface area contributed by atoms with Crippen LogP contribution in [0.4, 0.5) is 4.39 Å². The molecule has 1 aliphatic heterocycles. The summed E-state index contributed by atoms with van der Waals surface area (Å²) in [6.45, 7) is 5.19. The zero-order valence-corrected chi connectivity index (χ0v) is 12.0. The molecule has 5 heteroatoms. The van der Waals surface area contributed by atoms with Gasteiger partial charge in [0.2, 0.25) is 0 Å². The number of hydrogen-bond donors (Lipinski definition) is 1. The maximum atomic E-state index is 13.0. The normalized spacial score (nSPS) is 21.7. The summed E-state index contributed by atoms with van der Waals surface area (Å²) in [5.41, 5.74) is 6.83. The van der Waals surface area contributed by atoms with Gasteiger partial charge in [-0.2, -0.15) is 0 Å². The summed E-state index contributed by atoms with van der Waals surface area (Å²) in [5.74, 6) is -0.185. The lowest BCUT2D eigenvalue weighted by atomic mass is 10.0. The second-order valence-corrected chi connectivity index (χ2v) is 4.70. The van der Waals surface area contributed by atoms with Crippen molar-refractivity contribution in [2.45, 2.75) is 25.5 Å². The first-order valence-electron chi connectivity index (χ1n) is 6.55. The molecular formula is C14H22ClFN2O. The van der Waals surface area contributed by atoms with Crippen LogP contribution in [0.15, 0.2) is 24.3 Å². The third-order valence-electron chi connectivity index (χ3n) is 3.52. The van der Waals surface area contributed by atoms with E-state index >= 15 is 0 Å². The van der Waals surface area contributed by atoms with Crippen LogP contribution in [0.25, 0.3) is 0 Å². The highest BCUT2D eigenvalue weighted by molar-refractivity contribution is 5.85. The zero-order valence-electron chi connectivity index (χ0n) is 11.2. The molecule has 0 spiro atoms. The molecule has 1 heterocycles. The van der Waals surface area contributed by atoms with Crippen molar-refractivity contribution in [3.05, 3.63) is 35.6 Å². The molecule has 0 bridgehead atoms. The van der Waals surface area contributed by atoms with E-state index in [1.54, 1.807) is 0 Å². The van der Waals surface area contributed by atoms with Gasteiger partial charge in [0.1, 0.15) is 5.82 Å². The lowest BCUT2D eigenvalue weighted by Gasteiger charge is -2.38. The Morgan fingerprint density at radius 2 is 2.11 bits per heavy atom. The number of hydrogen-bond acceptors (Lipinski definition) is 3. The topological polar surface area (TPSA) is 38.5 Å². The van der Waals surface area contributed by atoms with Gasteiger partial charge in [-0.05, 0) is 24.1 Å². The molecule has 0 radical (unpaired) electrons. The van der Waals surface area contributed by atoms with E-state index in [9.17, 15) is 4.39 Å². The molecule has 2 unspecified atom stereocenters. The molecule has 1 saturated heterocycles.